The fourth-order valence-corrected chi connectivity index (χ4v) is 3.25. The highest BCUT2D eigenvalue weighted by atomic mass is 35.5. The second-order valence-electron chi connectivity index (χ2n) is 5.96. The molecule has 0 bridgehead atoms. The molecule has 1 aliphatic heterocycles. The molecule has 0 radical (unpaired) electrons. The number of carbonyl (C=O) groups is 1. The molecule has 124 valence electrons. The quantitative estimate of drug-likeness (QED) is 0.835. The molecule has 8 heteroatoms. The Hall–Kier alpha value is -1.89. The van der Waals surface area contributed by atoms with E-state index < -0.39 is 0 Å². The van der Waals surface area contributed by atoms with Crippen LogP contribution in [0.3, 0.4) is 0 Å². The molecule has 3 heterocycles. The predicted octanol–water partition coefficient (Wildman–Crippen LogP) is 2.10. The molecule has 2 aromatic heterocycles. The SMILES string of the molecule is Cc1noc(Cl)c1CCC(=O)N1CCC(Cn2cncn2)CC1. The van der Waals surface area contributed by atoms with Crippen molar-refractivity contribution in [1.29, 1.82) is 0 Å². The molecule has 1 saturated heterocycles. The summed E-state index contributed by atoms with van der Waals surface area (Å²) in [6.07, 6.45) is 6.30. The van der Waals surface area contributed by atoms with E-state index in [9.17, 15) is 4.79 Å². The largest absolute Gasteiger partial charge is 0.344 e. The van der Waals surface area contributed by atoms with E-state index in [-0.39, 0.29) is 5.91 Å². The number of hydrogen-bond donors (Lipinski definition) is 0. The Morgan fingerprint density at radius 1 is 1.43 bits per heavy atom. The van der Waals surface area contributed by atoms with Gasteiger partial charge >= 0.3 is 0 Å². The zero-order valence-corrected chi connectivity index (χ0v) is 13.9. The van der Waals surface area contributed by atoms with Crippen LogP contribution in [0.15, 0.2) is 17.2 Å². The van der Waals surface area contributed by atoms with Gasteiger partial charge in [0.2, 0.25) is 11.1 Å². The Balaban J connectivity index is 1.45. The molecule has 0 aliphatic carbocycles. The van der Waals surface area contributed by atoms with E-state index in [0.717, 1.165) is 43.7 Å². The maximum Gasteiger partial charge on any atom is 0.229 e. The molecule has 0 saturated carbocycles. The van der Waals surface area contributed by atoms with Crippen LogP contribution in [0.2, 0.25) is 5.22 Å². The fraction of sp³-hybridized carbons (Fsp3) is 0.600. The molecule has 1 aliphatic rings. The van der Waals surface area contributed by atoms with Crippen molar-refractivity contribution >= 4 is 17.5 Å². The van der Waals surface area contributed by atoms with Crippen LogP contribution in [0.4, 0.5) is 0 Å². The summed E-state index contributed by atoms with van der Waals surface area (Å²) in [5, 5.41) is 8.24. The van der Waals surface area contributed by atoms with Gasteiger partial charge in [-0.15, -0.1) is 0 Å². The summed E-state index contributed by atoms with van der Waals surface area (Å²) >= 11 is 5.93. The maximum absolute atomic E-state index is 12.3. The van der Waals surface area contributed by atoms with Crippen LogP contribution in [0.1, 0.15) is 30.5 Å². The third-order valence-electron chi connectivity index (χ3n) is 4.40. The van der Waals surface area contributed by atoms with Crippen LogP contribution in [0.5, 0.6) is 0 Å². The lowest BCUT2D eigenvalue weighted by Crippen LogP contribution is -2.39. The van der Waals surface area contributed by atoms with Crippen molar-refractivity contribution in [2.45, 2.75) is 39.2 Å². The summed E-state index contributed by atoms with van der Waals surface area (Å²) in [6.45, 7) is 4.31. The molecular weight excluding hydrogens is 318 g/mol. The van der Waals surface area contributed by atoms with E-state index >= 15 is 0 Å². The van der Waals surface area contributed by atoms with Crippen molar-refractivity contribution in [3.8, 4) is 0 Å². The average molecular weight is 338 g/mol. The summed E-state index contributed by atoms with van der Waals surface area (Å²) < 4.78 is 6.77. The van der Waals surface area contributed by atoms with Crippen molar-refractivity contribution < 1.29 is 9.32 Å². The summed E-state index contributed by atoms with van der Waals surface area (Å²) in [5.74, 6) is 0.719. The zero-order chi connectivity index (χ0) is 16.2. The minimum absolute atomic E-state index is 0.167. The second kappa shape index (κ2) is 7.12. The number of piperidine rings is 1. The number of amides is 1. The van der Waals surface area contributed by atoms with Gasteiger partial charge in [0, 0.05) is 31.6 Å². The number of halogens is 1. The number of hydrogen-bond acceptors (Lipinski definition) is 5. The van der Waals surface area contributed by atoms with Gasteiger partial charge in [-0.05, 0) is 43.7 Å². The minimum Gasteiger partial charge on any atom is -0.344 e. The molecular formula is C15H20ClN5O2. The van der Waals surface area contributed by atoms with Crippen LogP contribution in [0, 0.1) is 12.8 Å². The molecule has 0 atom stereocenters. The van der Waals surface area contributed by atoms with Gasteiger partial charge in [0.15, 0.2) is 0 Å². The number of carbonyl (C=O) groups excluding carboxylic acids is 1. The van der Waals surface area contributed by atoms with Crippen molar-refractivity contribution in [3.05, 3.63) is 29.1 Å². The average Bonchev–Trinajstić information content (AvgIpc) is 3.17. The summed E-state index contributed by atoms with van der Waals surface area (Å²) in [7, 11) is 0. The Kier molecular flexibility index (Phi) is 4.95. The highest BCUT2D eigenvalue weighted by Crippen LogP contribution is 2.22. The molecule has 1 amide bonds. The van der Waals surface area contributed by atoms with E-state index in [0.29, 0.717) is 24.0 Å². The normalized spacial score (nSPS) is 16.0. The van der Waals surface area contributed by atoms with Gasteiger partial charge in [0.1, 0.15) is 12.7 Å². The molecule has 0 unspecified atom stereocenters. The van der Waals surface area contributed by atoms with Gasteiger partial charge in [-0.1, -0.05) is 5.16 Å². The van der Waals surface area contributed by atoms with Gasteiger partial charge in [-0.25, -0.2) is 4.98 Å². The number of rotatable bonds is 5. The van der Waals surface area contributed by atoms with Gasteiger partial charge in [0.25, 0.3) is 0 Å². The van der Waals surface area contributed by atoms with Crippen molar-refractivity contribution in [2.75, 3.05) is 13.1 Å². The van der Waals surface area contributed by atoms with Crippen LogP contribution in [-0.2, 0) is 17.8 Å². The number of likely N-dealkylation sites (tertiary alicyclic amines) is 1. The third-order valence-corrected chi connectivity index (χ3v) is 4.70. The van der Waals surface area contributed by atoms with Crippen molar-refractivity contribution in [1.82, 2.24) is 24.8 Å². The Morgan fingerprint density at radius 3 is 2.83 bits per heavy atom. The Bertz CT molecular complexity index is 627. The van der Waals surface area contributed by atoms with E-state index in [4.69, 9.17) is 16.1 Å². The van der Waals surface area contributed by atoms with Gasteiger partial charge in [-0.2, -0.15) is 5.10 Å². The molecule has 2 aromatic rings. The lowest BCUT2D eigenvalue weighted by molar-refractivity contribution is -0.132. The molecule has 3 rings (SSSR count). The van der Waals surface area contributed by atoms with Crippen LogP contribution in [-0.4, -0.2) is 43.8 Å². The first-order chi connectivity index (χ1) is 11.1. The zero-order valence-electron chi connectivity index (χ0n) is 13.1. The van der Waals surface area contributed by atoms with Crippen molar-refractivity contribution in [3.63, 3.8) is 0 Å². The summed E-state index contributed by atoms with van der Waals surface area (Å²) in [5.41, 5.74) is 1.59. The van der Waals surface area contributed by atoms with Crippen LogP contribution in [0.25, 0.3) is 0 Å². The number of aromatic nitrogens is 4. The Labute approximate surface area is 139 Å². The topological polar surface area (TPSA) is 77.0 Å². The van der Waals surface area contributed by atoms with E-state index in [1.54, 1.807) is 12.7 Å². The second-order valence-corrected chi connectivity index (χ2v) is 6.31. The highest BCUT2D eigenvalue weighted by Gasteiger charge is 2.23. The predicted molar refractivity (Wildman–Crippen MR) is 83.9 cm³/mol. The standard InChI is InChI=1S/C15H20ClN5O2/c1-11-13(15(16)23-19-11)2-3-14(22)20-6-4-12(5-7-20)8-21-10-17-9-18-21/h9-10,12H,2-8H2,1H3. The number of nitrogens with zero attached hydrogens (tertiary/aromatic N) is 5. The first kappa shape index (κ1) is 16.0. The minimum atomic E-state index is 0.167. The molecule has 0 N–H and O–H groups in total. The molecule has 23 heavy (non-hydrogen) atoms. The molecule has 7 nitrogen and oxygen atoms in total. The lowest BCUT2D eigenvalue weighted by Gasteiger charge is -2.32. The number of aryl methyl sites for hydroxylation is 1. The highest BCUT2D eigenvalue weighted by molar-refractivity contribution is 6.29. The van der Waals surface area contributed by atoms with E-state index in [1.165, 1.54) is 0 Å². The van der Waals surface area contributed by atoms with Crippen LogP contribution < -0.4 is 0 Å². The van der Waals surface area contributed by atoms with E-state index in [2.05, 4.69) is 15.2 Å². The fourth-order valence-electron chi connectivity index (χ4n) is 2.99. The van der Waals surface area contributed by atoms with Crippen molar-refractivity contribution in [2.24, 2.45) is 5.92 Å². The molecule has 0 spiro atoms. The van der Waals surface area contributed by atoms with Gasteiger partial charge in [0.05, 0.1) is 5.69 Å². The third kappa shape index (κ3) is 3.90. The Morgan fingerprint density at radius 2 is 2.22 bits per heavy atom. The van der Waals surface area contributed by atoms with Gasteiger partial charge in [-0.3, -0.25) is 9.48 Å². The smallest absolute Gasteiger partial charge is 0.229 e. The van der Waals surface area contributed by atoms with Crippen LogP contribution >= 0.6 is 11.6 Å². The summed E-state index contributed by atoms with van der Waals surface area (Å²) in [4.78, 5) is 18.2. The maximum atomic E-state index is 12.3. The summed E-state index contributed by atoms with van der Waals surface area (Å²) in [6, 6.07) is 0. The van der Waals surface area contributed by atoms with E-state index in [1.807, 2.05) is 16.5 Å². The monoisotopic (exact) mass is 337 g/mol. The molecule has 0 aromatic carbocycles. The lowest BCUT2D eigenvalue weighted by atomic mass is 9.96. The first-order valence-electron chi connectivity index (χ1n) is 7.84. The van der Waals surface area contributed by atoms with Gasteiger partial charge < -0.3 is 9.42 Å². The molecule has 1 fully saturated rings. The first-order valence-corrected chi connectivity index (χ1v) is 8.22.